The third-order valence-electron chi connectivity index (χ3n) is 8.00. The lowest BCUT2D eigenvalue weighted by molar-refractivity contribution is -0.153. The Hall–Kier alpha value is -3.41. The van der Waals surface area contributed by atoms with E-state index in [1.165, 1.54) is 18.1 Å². The number of methoxy groups -OCH3 is 1. The van der Waals surface area contributed by atoms with Gasteiger partial charge in [0, 0.05) is 29.2 Å². The second kappa shape index (κ2) is 9.72. The smallest absolute Gasteiger partial charge is 0.255 e. The molecule has 1 amide bonds. The molecule has 0 heterocycles. The number of aliphatic hydroxyl groups excluding tert-OH is 2. The molecule has 4 atom stereocenters. The number of ketones is 2. The minimum Gasteiger partial charge on any atom is -0.508 e. The quantitative estimate of drug-likeness (QED) is 0.318. The number of aromatic hydroxyl groups is 1. The number of likely N-dealkylation sites (N-methyl/N-ethyl adjacent to an activating group) is 1. The molecular weight excluding hydrogens is 494 g/mol. The number of Topliss-reactive ketones (excluding diaryl/α,β-unsaturated/α-hetero) is 2. The molecule has 1 saturated carbocycles. The molecular formula is C27H35N3O8. The minimum absolute atomic E-state index is 0.0139. The highest BCUT2D eigenvalue weighted by Gasteiger charge is 2.64. The van der Waals surface area contributed by atoms with Crippen molar-refractivity contribution in [3.05, 3.63) is 39.7 Å². The van der Waals surface area contributed by atoms with Gasteiger partial charge in [0.15, 0.2) is 11.4 Å². The van der Waals surface area contributed by atoms with Crippen LogP contribution in [-0.4, -0.2) is 94.1 Å². The second-order valence-electron chi connectivity index (χ2n) is 10.6. The molecule has 11 nitrogen and oxygen atoms in total. The van der Waals surface area contributed by atoms with Crippen molar-refractivity contribution in [3.63, 3.8) is 0 Å². The Balaban J connectivity index is 1.92. The van der Waals surface area contributed by atoms with E-state index in [2.05, 4.69) is 11.8 Å². The topological polar surface area (TPSA) is 174 Å². The summed E-state index contributed by atoms with van der Waals surface area (Å²) in [5.41, 5.74) is 2.90. The summed E-state index contributed by atoms with van der Waals surface area (Å²) in [5.74, 6) is -6.30. The standard InChI is InChI=1S/C27H35N3O8/c1-6-7-30(4)11-13-10-16(31)18-14(23(13)38-5)8-12-9-15-20(29(2)3)22(33)19(26(28)36)25(35)27(15,37)24(34)17(12)21(18)32/h10,12,15,20,31-32,35,37H,6-9,11H2,1-5H3,(H2,28,36)/t12-,15-,20-,27-/m0/s1. The van der Waals surface area contributed by atoms with Gasteiger partial charge in [0.05, 0.1) is 18.7 Å². The number of phenols is 1. The van der Waals surface area contributed by atoms with Crippen molar-refractivity contribution in [2.24, 2.45) is 17.6 Å². The molecule has 0 radical (unpaired) electrons. The van der Waals surface area contributed by atoms with E-state index >= 15 is 0 Å². The van der Waals surface area contributed by atoms with E-state index in [0.717, 1.165) is 13.0 Å². The number of rotatable bonds is 7. The van der Waals surface area contributed by atoms with Gasteiger partial charge in [-0.3, -0.25) is 19.3 Å². The predicted molar refractivity (Wildman–Crippen MR) is 137 cm³/mol. The molecule has 206 valence electrons. The van der Waals surface area contributed by atoms with Crippen LogP contribution in [0.2, 0.25) is 0 Å². The first-order valence-electron chi connectivity index (χ1n) is 12.6. The number of phenolic OH excluding ortho intramolecular Hbond substituents is 1. The first-order valence-corrected chi connectivity index (χ1v) is 12.6. The first kappa shape index (κ1) is 27.6. The van der Waals surface area contributed by atoms with Gasteiger partial charge in [0.1, 0.15) is 28.6 Å². The van der Waals surface area contributed by atoms with E-state index in [1.807, 2.05) is 7.05 Å². The minimum atomic E-state index is -2.66. The molecule has 4 rings (SSSR count). The van der Waals surface area contributed by atoms with Crippen LogP contribution in [0.3, 0.4) is 0 Å². The highest BCUT2D eigenvalue weighted by Crippen LogP contribution is 2.54. The second-order valence-corrected chi connectivity index (χ2v) is 10.6. The van der Waals surface area contributed by atoms with Crippen LogP contribution < -0.4 is 10.5 Å². The zero-order chi connectivity index (χ0) is 28.3. The van der Waals surface area contributed by atoms with Gasteiger partial charge in [0.2, 0.25) is 5.78 Å². The van der Waals surface area contributed by atoms with Crippen molar-refractivity contribution in [1.29, 1.82) is 0 Å². The van der Waals surface area contributed by atoms with Crippen molar-refractivity contribution in [3.8, 4) is 11.5 Å². The van der Waals surface area contributed by atoms with Crippen molar-refractivity contribution in [1.82, 2.24) is 9.80 Å². The Morgan fingerprint density at radius 1 is 1.21 bits per heavy atom. The molecule has 0 saturated heterocycles. The molecule has 11 heteroatoms. The molecule has 1 fully saturated rings. The van der Waals surface area contributed by atoms with Gasteiger partial charge in [-0.1, -0.05) is 6.92 Å². The van der Waals surface area contributed by atoms with E-state index < -0.39 is 58.0 Å². The fourth-order valence-electron chi connectivity index (χ4n) is 6.48. The summed E-state index contributed by atoms with van der Waals surface area (Å²) in [6.45, 7) is 3.35. The summed E-state index contributed by atoms with van der Waals surface area (Å²) in [5, 5.41) is 44.8. The van der Waals surface area contributed by atoms with E-state index in [0.29, 0.717) is 23.4 Å². The lowest BCUT2D eigenvalue weighted by Gasteiger charge is -2.50. The zero-order valence-electron chi connectivity index (χ0n) is 22.2. The van der Waals surface area contributed by atoms with Gasteiger partial charge in [-0.2, -0.15) is 0 Å². The Labute approximate surface area is 220 Å². The number of nitrogens with two attached hydrogens (primary N) is 1. The number of carbonyl (C=O) groups excluding carboxylic acids is 3. The Morgan fingerprint density at radius 2 is 1.87 bits per heavy atom. The molecule has 1 aromatic carbocycles. The van der Waals surface area contributed by atoms with Crippen LogP contribution in [0.25, 0.3) is 5.76 Å². The maximum Gasteiger partial charge on any atom is 0.255 e. The third kappa shape index (κ3) is 3.88. The maximum absolute atomic E-state index is 13.9. The van der Waals surface area contributed by atoms with Gasteiger partial charge in [-0.05, 0) is 58.9 Å². The summed E-state index contributed by atoms with van der Waals surface area (Å²) in [6.07, 6.45) is 1.13. The van der Waals surface area contributed by atoms with E-state index in [9.17, 15) is 34.8 Å². The number of nitrogens with zero attached hydrogens (tertiary/aromatic N) is 2. The van der Waals surface area contributed by atoms with Crippen molar-refractivity contribution < 1.29 is 39.5 Å². The van der Waals surface area contributed by atoms with E-state index in [-0.39, 0.29) is 29.7 Å². The maximum atomic E-state index is 13.9. The van der Waals surface area contributed by atoms with Crippen LogP contribution in [-0.2, 0) is 27.3 Å². The number of ether oxygens (including phenoxy) is 1. The number of hydrogen-bond donors (Lipinski definition) is 5. The molecule has 0 spiro atoms. The number of primary amides is 1. The van der Waals surface area contributed by atoms with Crippen LogP contribution >= 0.6 is 0 Å². The van der Waals surface area contributed by atoms with Crippen LogP contribution in [0.5, 0.6) is 11.5 Å². The average Bonchev–Trinajstić information content (AvgIpc) is 2.81. The van der Waals surface area contributed by atoms with Crippen molar-refractivity contribution in [2.75, 3.05) is 34.8 Å². The predicted octanol–water partition coefficient (Wildman–Crippen LogP) is 0.814. The van der Waals surface area contributed by atoms with Crippen LogP contribution in [0.1, 0.15) is 36.5 Å². The highest BCUT2D eigenvalue weighted by atomic mass is 16.5. The zero-order valence-corrected chi connectivity index (χ0v) is 22.2. The molecule has 1 aromatic rings. The fourth-order valence-corrected chi connectivity index (χ4v) is 6.48. The largest absolute Gasteiger partial charge is 0.508 e. The molecule has 6 N–H and O–H groups in total. The first-order chi connectivity index (χ1) is 17.8. The SMILES string of the molecule is CCCN(C)Cc1cc(O)c2c(c1OC)C[C@H]1C[C@H]3[C@H](N(C)C)C(=O)C(C(N)=O)=C(O)[C@@]3(O)C(=O)C1=C2O. The Morgan fingerprint density at radius 3 is 2.42 bits per heavy atom. The number of aliphatic hydroxyl groups is 3. The molecule has 0 unspecified atom stereocenters. The number of benzene rings is 1. The van der Waals surface area contributed by atoms with E-state index in [4.69, 9.17) is 10.5 Å². The molecule has 0 bridgehead atoms. The summed E-state index contributed by atoms with van der Waals surface area (Å²) < 4.78 is 5.73. The molecule has 0 aliphatic heterocycles. The number of hydrogen-bond acceptors (Lipinski definition) is 10. The van der Waals surface area contributed by atoms with E-state index in [1.54, 1.807) is 14.1 Å². The molecule has 0 aromatic heterocycles. The van der Waals surface area contributed by atoms with Crippen molar-refractivity contribution in [2.45, 2.75) is 44.4 Å². The third-order valence-corrected chi connectivity index (χ3v) is 8.00. The Kier molecular flexibility index (Phi) is 7.06. The van der Waals surface area contributed by atoms with Crippen LogP contribution in [0, 0.1) is 11.8 Å². The lowest BCUT2D eigenvalue weighted by Crippen LogP contribution is -2.65. The van der Waals surface area contributed by atoms with Gasteiger partial charge in [0.25, 0.3) is 5.91 Å². The number of amides is 1. The molecule has 38 heavy (non-hydrogen) atoms. The Bertz CT molecular complexity index is 1280. The van der Waals surface area contributed by atoms with Gasteiger partial charge in [-0.25, -0.2) is 0 Å². The summed E-state index contributed by atoms with van der Waals surface area (Å²) in [4.78, 5) is 42.7. The van der Waals surface area contributed by atoms with Gasteiger partial charge < -0.3 is 35.8 Å². The summed E-state index contributed by atoms with van der Waals surface area (Å²) >= 11 is 0. The van der Waals surface area contributed by atoms with Crippen molar-refractivity contribution >= 4 is 23.2 Å². The number of carbonyl (C=O) groups is 3. The fraction of sp³-hybridized carbons (Fsp3) is 0.519. The normalized spacial score (nSPS) is 27.0. The van der Waals surface area contributed by atoms with Gasteiger partial charge in [-0.15, -0.1) is 0 Å². The molecule has 3 aliphatic rings. The van der Waals surface area contributed by atoms with Crippen LogP contribution in [0.15, 0.2) is 23.0 Å². The monoisotopic (exact) mass is 529 g/mol. The summed E-state index contributed by atoms with van der Waals surface area (Å²) in [6, 6.07) is 0.354. The molecule has 3 aliphatic carbocycles. The van der Waals surface area contributed by atoms with Gasteiger partial charge >= 0.3 is 0 Å². The average molecular weight is 530 g/mol. The highest BCUT2D eigenvalue weighted by molar-refractivity contribution is 6.24. The summed E-state index contributed by atoms with van der Waals surface area (Å²) in [7, 11) is 6.56. The lowest BCUT2D eigenvalue weighted by atomic mass is 9.57. The number of fused-ring (bicyclic) bond motifs is 3. The van der Waals surface area contributed by atoms with Crippen LogP contribution in [0.4, 0.5) is 0 Å².